The van der Waals surface area contributed by atoms with Crippen LogP contribution in [-0.4, -0.2) is 21.4 Å². The molecule has 0 aliphatic carbocycles. The molecule has 1 atom stereocenters. The van der Waals surface area contributed by atoms with E-state index < -0.39 is 8.32 Å². The Labute approximate surface area is 164 Å². The molecule has 2 aromatic rings. The van der Waals surface area contributed by atoms with E-state index in [-0.39, 0.29) is 23.5 Å². The van der Waals surface area contributed by atoms with Gasteiger partial charge in [-0.15, -0.1) is 0 Å². The zero-order valence-corrected chi connectivity index (χ0v) is 18.2. The molecule has 0 radical (unpaired) electrons. The minimum atomic E-state index is -2.13. The summed E-state index contributed by atoms with van der Waals surface area (Å²) in [7, 11) is -0.711. The Morgan fingerprint density at radius 2 is 1.52 bits per heavy atom. The van der Waals surface area contributed by atoms with Crippen LogP contribution in [-0.2, 0) is 14.1 Å². The van der Waals surface area contributed by atoms with E-state index in [4.69, 9.17) is 9.26 Å². The number of carbonyl (C=O) groups excluding carboxylic acids is 1. The van der Waals surface area contributed by atoms with Gasteiger partial charge in [0.05, 0.1) is 25.3 Å². The molecule has 0 bridgehead atoms. The highest BCUT2D eigenvalue weighted by atomic mass is 28.4. The van der Waals surface area contributed by atoms with Gasteiger partial charge in [0.2, 0.25) is 8.32 Å². The van der Waals surface area contributed by atoms with Crippen molar-refractivity contribution in [2.45, 2.75) is 51.4 Å². The highest BCUT2D eigenvalue weighted by Crippen LogP contribution is 2.40. The molecular weight excluding hydrogens is 354 g/mol. The molecule has 0 aromatic heterocycles. The Kier molecular flexibility index (Phi) is 6.84. The second-order valence-electron chi connectivity index (χ2n) is 8.22. The number of rotatable bonds is 7. The van der Waals surface area contributed by atoms with Gasteiger partial charge in [-0.05, 0) is 35.8 Å². The maximum atomic E-state index is 12.2. The van der Waals surface area contributed by atoms with Crippen molar-refractivity contribution < 1.29 is 14.1 Å². The number of para-hydroxylation sites is 1. The number of anilines is 1. The van der Waals surface area contributed by atoms with Gasteiger partial charge in [-0.25, -0.2) is 0 Å². The fraction of sp³-hybridized carbons (Fsp3) is 0.409. The summed E-state index contributed by atoms with van der Waals surface area (Å²) in [6.07, 6.45) is 0.212. The maximum Gasteiger partial charge on any atom is 0.308 e. The molecule has 5 heteroatoms. The fourth-order valence-electron chi connectivity index (χ4n) is 2.51. The van der Waals surface area contributed by atoms with Crippen molar-refractivity contribution in [3.05, 3.63) is 66.2 Å². The highest BCUT2D eigenvalue weighted by molar-refractivity contribution is 6.74. The van der Waals surface area contributed by atoms with Crippen molar-refractivity contribution >= 4 is 20.0 Å². The minimum absolute atomic E-state index is 0.0343. The van der Waals surface area contributed by atoms with Crippen LogP contribution in [0.15, 0.2) is 60.7 Å². The van der Waals surface area contributed by atoms with Gasteiger partial charge in [-0.1, -0.05) is 69.3 Å². The summed E-state index contributed by atoms with van der Waals surface area (Å²) in [6.45, 7) is 11.0. The van der Waals surface area contributed by atoms with Gasteiger partial charge in [0.1, 0.15) is 0 Å². The summed E-state index contributed by atoms with van der Waals surface area (Å²) >= 11 is 0. The lowest BCUT2D eigenvalue weighted by atomic mass is 10.0. The zero-order chi connectivity index (χ0) is 20.1. The lowest BCUT2D eigenvalue weighted by Crippen LogP contribution is -2.48. The summed E-state index contributed by atoms with van der Waals surface area (Å²) in [4.78, 5) is 12.2. The normalized spacial score (nSPS) is 13.1. The number of methoxy groups -OCH3 is 1. The average Bonchev–Trinajstić information content (AvgIpc) is 2.64. The van der Waals surface area contributed by atoms with Gasteiger partial charge in [-0.3, -0.25) is 9.86 Å². The van der Waals surface area contributed by atoms with Crippen molar-refractivity contribution in [2.75, 3.05) is 12.2 Å². The maximum absolute atomic E-state index is 12.2. The molecule has 0 heterocycles. The second-order valence-corrected chi connectivity index (χ2v) is 12.9. The van der Waals surface area contributed by atoms with Gasteiger partial charge < -0.3 is 9.26 Å². The molecule has 0 fully saturated rings. The van der Waals surface area contributed by atoms with E-state index in [1.54, 1.807) is 0 Å². The average molecular weight is 386 g/mol. The first-order valence-corrected chi connectivity index (χ1v) is 12.2. The van der Waals surface area contributed by atoms with E-state index >= 15 is 0 Å². The molecule has 2 aromatic carbocycles. The molecule has 4 nitrogen and oxygen atoms in total. The minimum Gasteiger partial charge on any atom is -0.469 e. The number of hydrogen-bond acceptors (Lipinski definition) is 4. The largest absolute Gasteiger partial charge is 0.469 e. The first-order valence-electron chi connectivity index (χ1n) is 9.31. The topological polar surface area (TPSA) is 38.8 Å². The van der Waals surface area contributed by atoms with Crippen molar-refractivity contribution in [1.29, 1.82) is 0 Å². The molecule has 0 saturated carbocycles. The molecule has 0 spiro atoms. The smallest absolute Gasteiger partial charge is 0.308 e. The summed E-state index contributed by atoms with van der Waals surface area (Å²) in [5, 5.41) is 1.95. The molecule has 27 heavy (non-hydrogen) atoms. The molecular formula is C22H31NO3Si. The fourth-order valence-corrected chi connectivity index (χ4v) is 3.50. The van der Waals surface area contributed by atoms with Crippen molar-refractivity contribution in [3.63, 3.8) is 0 Å². The Morgan fingerprint density at radius 3 is 2.00 bits per heavy atom. The van der Waals surface area contributed by atoms with Crippen LogP contribution >= 0.6 is 0 Å². The molecule has 0 saturated heterocycles. The molecule has 1 unspecified atom stereocenters. The lowest BCUT2D eigenvalue weighted by molar-refractivity contribution is -0.141. The first-order chi connectivity index (χ1) is 12.7. The molecule has 0 N–H and O–H groups in total. The Bertz CT molecular complexity index is 726. The van der Waals surface area contributed by atoms with E-state index in [0.717, 1.165) is 11.3 Å². The summed E-state index contributed by atoms with van der Waals surface area (Å²) in [5.74, 6) is -0.261. The van der Waals surface area contributed by atoms with Gasteiger partial charge in [0, 0.05) is 0 Å². The van der Waals surface area contributed by atoms with Gasteiger partial charge in [0.25, 0.3) is 0 Å². The van der Waals surface area contributed by atoms with E-state index in [1.807, 2.05) is 65.7 Å². The number of nitrogens with zero attached hydrogens (tertiary/aromatic N) is 1. The van der Waals surface area contributed by atoms with Crippen LogP contribution in [0, 0.1) is 0 Å². The van der Waals surface area contributed by atoms with Crippen molar-refractivity contribution in [1.82, 2.24) is 0 Å². The molecule has 0 aliphatic rings. The Hall–Kier alpha value is -2.11. The number of benzene rings is 2. The van der Waals surface area contributed by atoms with Crippen LogP contribution < -0.4 is 5.06 Å². The van der Waals surface area contributed by atoms with Gasteiger partial charge in [0.15, 0.2) is 0 Å². The summed E-state index contributed by atoms with van der Waals surface area (Å²) in [6, 6.07) is 19.7. The number of carbonyl (C=O) groups is 1. The predicted molar refractivity (Wildman–Crippen MR) is 113 cm³/mol. The number of ether oxygens (including phenoxy) is 1. The monoisotopic (exact) mass is 385 g/mol. The van der Waals surface area contributed by atoms with Crippen LogP contribution in [0.1, 0.15) is 38.8 Å². The van der Waals surface area contributed by atoms with Crippen molar-refractivity contribution in [2.24, 2.45) is 0 Å². The van der Waals surface area contributed by atoms with E-state index in [9.17, 15) is 4.79 Å². The van der Waals surface area contributed by atoms with Crippen LogP contribution in [0.4, 0.5) is 5.69 Å². The number of hydroxylamine groups is 1. The zero-order valence-electron chi connectivity index (χ0n) is 17.2. The van der Waals surface area contributed by atoms with Gasteiger partial charge >= 0.3 is 5.97 Å². The van der Waals surface area contributed by atoms with Gasteiger partial charge in [-0.2, -0.15) is 0 Å². The van der Waals surface area contributed by atoms with E-state index in [2.05, 4.69) is 33.9 Å². The second kappa shape index (κ2) is 8.72. The highest BCUT2D eigenvalue weighted by Gasteiger charge is 2.41. The van der Waals surface area contributed by atoms with E-state index in [1.165, 1.54) is 7.11 Å². The number of esters is 1. The lowest BCUT2D eigenvalue weighted by Gasteiger charge is -2.43. The third-order valence-corrected chi connectivity index (χ3v) is 9.46. The van der Waals surface area contributed by atoms with Crippen LogP contribution in [0.3, 0.4) is 0 Å². The Balaban J connectivity index is 2.52. The summed E-state index contributed by atoms with van der Waals surface area (Å²) < 4.78 is 11.7. The quantitative estimate of drug-likeness (QED) is 0.346. The van der Waals surface area contributed by atoms with E-state index in [0.29, 0.717) is 0 Å². The number of hydrogen-bond donors (Lipinski definition) is 0. The van der Waals surface area contributed by atoms with Crippen LogP contribution in [0.25, 0.3) is 0 Å². The predicted octanol–water partition coefficient (Wildman–Crippen LogP) is 5.73. The molecule has 0 amide bonds. The molecule has 0 aliphatic heterocycles. The third kappa shape index (κ3) is 5.43. The van der Waals surface area contributed by atoms with Crippen LogP contribution in [0.2, 0.25) is 18.1 Å². The van der Waals surface area contributed by atoms with Crippen LogP contribution in [0.5, 0.6) is 0 Å². The SMILES string of the molecule is COC(=O)CC(c1ccccc1)N(O[Si](C)(C)C(C)(C)C)c1ccccc1. The standard InChI is InChI=1S/C22H31NO3Si/c1-22(2,3)27(5,6)26-23(19-15-11-8-12-16-19)20(17-21(24)25-4)18-13-9-7-10-14-18/h7-16,20H,17H2,1-6H3. The Morgan fingerprint density at radius 1 is 1.00 bits per heavy atom. The third-order valence-electron chi connectivity index (χ3n) is 5.20. The molecule has 146 valence electrons. The first kappa shape index (κ1) is 21.2. The summed E-state index contributed by atoms with van der Waals surface area (Å²) in [5.41, 5.74) is 1.95. The molecule has 2 rings (SSSR count). The van der Waals surface area contributed by atoms with Crippen molar-refractivity contribution in [3.8, 4) is 0 Å².